The summed E-state index contributed by atoms with van der Waals surface area (Å²) in [6.45, 7) is 3.82. The van der Waals surface area contributed by atoms with Crippen molar-refractivity contribution in [3.8, 4) is 17.2 Å². The van der Waals surface area contributed by atoms with Crippen LogP contribution in [0.1, 0.15) is 44.6 Å². The van der Waals surface area contributed by atoms with Crippen molar-refractivity contribution in [2.45, 2.75) is 39.0 Å². The van der Waals surface area contributed by atoms with E-state index in [1.165, 1.54) is 14.2 Å². The maximum absolute atomic E-state index is 12.9. The Balaban J connectivity index is 2.27. The summed E-state index contributed by atoms with van der Waals surface area (Å²) < 4.78 is 21.9. The van der Waals surface area contributed by atoms with Crippen LogP contribution in [-0.2, 0) is 14.3 Å². The molecule has 7 heteroatoms. The second-order valence-electron chi connectivity index (χ2n) is 7.02. The van der Waals surface area contributed by atoms with Crippen molar-refractivity contribution in [1.29, 1.82) is 0 Å². The number of hydrogen-bond acceptors (Lipinski definition) is 7. The minimum absolute atomic E-state index is 0.0126. The Hall–Kier alpha value is -2.83. The van der Waals surface area contributed by atoms with E-state index in [-0.39, 0.29) is 12.4 Å². The molecular formula is C22H27NO6. The van der Waals surface area contributed by atoms with E-state index in [0.717, 1.165) is 12.1 Å². The zero-order valence-electron chi connectivity index (χ0n) is 17.5. The summed E-state index contributed by atoms with van der Waals surface area (Å²) in [7, 11) is 4.60. The lowest BCUT2D eigenvalue weighted by molar-refractivity contribution is -0.146. The van der Waals surface area contributed by atoms with Crippen molar-refractivity contribution in [1.82, 2.24) is 0 Å². The van der Waals surface area contributed by atoms with Crippen molar-refractivity contribution < 1.29 is 28.5 Å². The molecule has 0 spiro atoms. The largest absolute Gasteiger partial charge is 0.493 e. The van der Waals surface area contributed by atoms with Gasteiger partial charge in [0.1, 0.15) is 5.92 Å². The van der Waals surface area contributed by atoms with E-state index in [2.05, 4.69) is 4.99 Å². The molecule has 0 N–H and O–H groups in total. The number of Topliss-reactive ketones (excluding diaryl/α,β-unsaturated/α-hetero) is 1. The van der Waals surface area contributed by atoms with Crippen LogP contribution in [0.5, 0.6) is 17.2 Å². The summed E-state index contributed by atoms with van der Waals surface area (Å²) in [5.41, 5.74) is 2.64. The molecule has 2 atom stereocenters. The molecule has 0 aromatic heterocycles. The molecule has 1 aliphatic carbocycles. The fourth-order valence-electron chi connectivity index (χ4n) is 4.25. The highest BCUT2D eigenvalue weighted by molar-refractivity contribution is 6.09. The normalized spacial score (nSPS) is 21.3. The van der Waals surface area contributed by atoms with E-state index >= 15 is 0 Å². The second-order valence-corrected chi connectivity index (χ2v) is 7.02. The smallest absolute Gasteiger partial charge is 0.315 e. The van der Waals surface area contributed by atoms with Crippen molar-refractivity contribution >= 4 is 17.5 Å². The van der Waals surface area contributed by atoms with Crippen LogP contribution in [0.3, 0.4) is 0 Å². The summed E-state index contributed by atoms with van der Waals surface area (Å²) in [4.78, 5) is 30.5. The molecular weight excluding hydrogens is 374 g/mol. The minimum atomic E-state index is -0.706. The number of rotatable bonds is 6. The predicted molar refractivity (Wildman–Crippen MR) is 108 cm³/mol. The average molecular weight is 401 g/mol. The van der Waals surface area contributed by atoms with Crippen LogP contribution in [-0.4, -0.2) is 45.4 Å². The van der Waals surface area contributed by atoms with Gasteiger partial charge in [0.2, 0.25) is 5.75 Å². The summed E-state index contributed by atoms with van der Waals surface area (Å²) in [6, 6.07) is 3.58. The van der Waals surface area contributed by atoms with Crippen LogP contribution < -0.4 is 14.2 Å². The van der Waals surface area contributed by atoms with Gasteiger partial charge in [-0.2, -0.15) is 0 Å². The first kappa shape index (κ1) is 20.9. The molecule has 29 heavy (non-hydrogen) atoms. The summed E-state index contributed by atoms with van der Waals surface area (Å²) >= 11 is 0. The average Bonchev–Trinajstić information content (AvgIpc) is 2.71. The molecule has 0 saturated carbocycles. The number of benzene rings is 1. The van der Waals surface area contributed by atoms with E-state index in [9.17, 15) is 9.59 Å². The molecule has 0 saturated heterocycles. The van der Waals surface area contributed by atoms with Gasteiger partial charge in [-0.15, -0.1) is 0 Å². The zero-order valence-corrected chi connectivity index (χ0v) is 17.5. The van der Waals surface area contributed by atoms with Crippen molar-refractivity contribution in [2.75, 3.05) is 27.9 Å². The van der Waals surface area contributed by atoms with Gasteiger partial charge in [0, 0.05) is 34.9 Å². The first-order valence-corrected chi connectivity index (χ1v) is 9.75. The summed E-state index contributed by atoms with van der Waals surface area (Å²) in [5.74, 6) is -0.288. The Morgan fingerprint density at radius 2 is 1.83 bits per heavy atom. The van der Waals surface area contributed by atoms with E-state index in [4.69, 9.17) is 18.9 Å². The number of ether oxygens (including phenoxy) is 4. The third-order valence-corrected chi connectivity index (χ3v) is 5.44. The Labute approximate surface area is 170 Å². The number of hydrogen-bond donors (Lipinski definition) is 0. The lowest BCUT2D eigenvalue weighted by atomic mass is 9.71. The van der Waals surface area contributed by atoms with Gasteiger partial charge in [-0.3, -0.25) is 14.6 Å². The van der Waals surface area contributed by atoms with Crippen LogP contribution in [0.2, 0.25) is 0 Å². The fraction of sp³-hybridized carbons (Fsp3) is 0.500. The van der Waals surface area contributed by atoms with Gasteiger partial charge in [0.25, 0.3) is 0 Å². The van der Waals surface area contributed by atoms with E-state index in [1.54, 1.807) is 20.1 Å². The van der Waals surface area contributed by atoms with Crippen molar-refractivity contribution in [2.24, 2.45) is 10.9 Å². The number of esters is 1. The maximum Gasteiger partial charge on any atom is 0.315 e. The number of methoxy groups -OCH3 is 3. The third kappa shape index (κ3) is 3.61. The van der Waals surface area contributed by atoms with Gasteiger partial charge in [-0.05, 0) is 32.8 Å². The number of ketones is 1. The Morgan fingerprint density at radius 3 is 2.45 bits per heavy atom. The van der Waals surface area contributed by atoms with Crippen LogP contribution in [0.25, 0.3) is 0 Å². The number of nitrogens with zero attached hydrogens (tertiary/aromatic N) is 1. The van der Waals surface area contributed by atoms with Crippen LogP contribution in [0.4, 0.5) is 0 Å². The quantitative estimate of drug-likeness (QED) is 0.679. The standard InChI is InChI=1S/C22H27NO6/c1-6-29-22(25)17-12(2)23-14-8-7-9-15(24)19(14)18(17)13-10-11-16(26-3)21(28-5)20(13)27-4/h10-11,17-18H,6-9H2,1-5H3/t17?,18-/m0/s1. The van der Waals surface area contributed by atoms with Crippen molar-refractivity contribution in [3.63, 3.8) is 0 Å². The fourth-order valence-corrected chi connectivity index (χ4v) is 4.25. The summed E-state index contributed by atoms with van der Waals surface area (Å²) in [6.07, 6.45) is 1.91. The highest BCUT2D eigenvalue weighted by atomic mass is 16.5. The molecule has 0 radical (unpaired) electrons. The number of carbonyl (C=O) groups is 2. The number of carbonyl (C=O) groups excluding carboxylic acids is 2. The molecule has 0 bridgehead atoms. The molecule has 1 aromatic rings. The molecule has 1 aliphatic heterocycles. The first-order valence-electron chi connectivity index (χ1n) is 9.75. The molecule has 156 valence electrons. The van der Waals surface area contributed by atoms with E-state index < -0.39 is 17.8 Å². The molecule has 3 rings (SSSR count). The molecule has 7 nitrogen and oxygen atoms in total. The lowest BCUT2D eigenvalue weighted by Crippen LogP contribution is -2.37. The van der Waals surface area contributed by atoms with Gasteiger partial charge in [0.05, 0.1) is 27.9 Å². The molecule has 1 heterocycles. The number of aliphatic imine (C=N–C) groups is 1. The van der Waals surface area contributed by atoms with E-state index in [1.807, 2.05) is 13.0 Å². The third-order valence-electron chi connectivity index (χ3n) is 5.44. The molecule has 2 aliphatic rings. The highest BCUT2D eigenvalue weighted by Gasteiger charge is 2.44. The van der Waals surface area contributed by atoms with E-state index in [0.29, 0.717) is 46.9 Å². The zero-order chi connectivity index (χ0) is 21.1. The topological polar surface area (TPSA) is 83.4 Å². The second kappa shape index (κ2) is 8.68. The van der Waals surface area contributed by atoms with Crippen LogP contribution in [0.15, 0.2) is 28.4 Å². The van der Waals surface area contributed by atoms with Crippen molar-refractivity contribution in [3.05, 3.63) is 29.0 Å². The van der Waals surface area contributed by atoms with Gasteiger partial charge in [-0.25, -0.2) is 0 Å². The van der Waals surface area contributed by atoms with Gasteiger partial charge in [0.15, 0.2) is 17.3 Å². The predicted octanol–water partition coefficient (Wildman–Crippen LogP) is 3.46. The van der Waals surface area contributed by atoms with Gasteiger partial charge >= 0.3 is 5.97 Å². The monoisotopic (exact) mass is 401 g/mol. The van der Waals surface area contributed by atoms with Crippen LogP contribution >= 0.6 is 0 Å². The SMILES string of the molecule is CCOC(=O)C1C(C)=NC2=C(C(=O)CCC2)[C@H]1c1ccc(OC)c(OC)c1OC. The Kier molecular flexibility index (Phi) is 6.25. The maximum atomic E-state index is 12.9. The molecule has 1 aromatic carbocycles. The van der Waals surface area contributed by atoms with Gasteiger partial charge < -0.3 is 18.9 Å². The summed E-state index contributed by atoms with van der Waals surface area (Å²) in [5, 5.41) is 0. The first-order chi connectivity index (χ1) is 14.0. The Bertz CT molecular complexity index is 886. The van der Waals surface area contributed by atoms with Gasteiger partial charge in [-0.1, -0.05) is 6.07 Å². The Morgan fingerprint density at radius 1 is 1.10 bits per heavy atom. The van der Waals surface area contributed by atoms with Crippen LogP contribution in [0, 0.1) is 5.92 Å². The minimum Gasteiger partial charge on any atom is -0.493 e. The lowest BCUT2D eigenvalue weighted by Gasteiger charge is -2.35. The molecule has 1 unspecified atom stereocenters. The number of allylic oxidation sites excluding steroid dienone is 2. The highest BCUT2D eigenvalue weighted by Crippen LogP contribution is 2.50. The molecule has 0 amide bonds. The molecule has 0 fully saturated rings.